The van der Waals surface area contributed by atoms with Crippen LogP contribution in [0.3, 0.4) is 0 Å². The molecule has 1 aliphatic carbocycles. The summed E-state index contributed by atoms with van der Waals surface area (Å²) in [4.78, 5) is 26.2. The molecule has 2 fully saturated rings. The molecule has 0 radical (unpaired) electrons. The van der Waals surface area contributed by atoms with E-state index in [1.807, 2.05) is 25.7 Å². The van der Waals surface area contributed by atoms with Crippen molar-refractivity contribution in [3.8, 4) is 0 Å². The van der Waals surface area contributed by atoms with E-state index in [1.165, 1.54) is 0 Å². The number of likely N-dealkylation sites (tertiary alicyclic amines) is 1. The fourth-order valence-corrected chi connectivity index (χ4v) is 3.59. The van der Waals surface area contributed by atoms with Crippen molar-refractivity contribution in [3.63, 3.8) is 0 Å². The lowest BCUT2D eigenvalue weighted by Crippen LogP contribution is -2.53. The number of aliphatic hydroxyl groups is 1. The van der Waals surface area contributed by atoms with Crippen molar-refractivity contribution >= 4 is 11.9 Å². The van der Waals surface area contributed by atoms with Crippen LogP contribution in [0.5, 0.6) is 0 Å². The van der Waals surface area contributed by atoms with Crippen LogP contribution in [0.1, 0.15) is 72.1 Å². The fraction of sp³-hybridized carbons (Fsp3) is 0.889. The number of nitrogens with zero attached hydrogens (tertiary/aromatic N) is 1. The molecular weight excluding hydrogens is 306 g/mol. The minimum Gasteiger partial charge on any atom is -0.389 e. The van der Waals surface area contributed by atoms with Gasteiger partial charge in [0.25, 0.3) is 0 Å². The van der Waals surface area contributed by atoms with E-state index >= 15 is 0 Å². The van der Waals surface area contributed by atoms with Gasteiger partial charge in [-0.2, -0.15) is 0 Å². The predicted octanol–water partition coefficient (Wildman–Crippen LogP) is 2.16. The summed E-state index contributed by atoms with van der Waals surface area (Å²) in [5.74, 6) is -0.0583. The molecule has 0 spiro atoms. The molecule has 6 nitrogen and oxygen atoms in total. The topological polar surface area (TPSA) is 81.7 Å². The Morgan fingerprint density at radius 2 is 1.71 bits per heavy atom. The highest BCUT2D eigenvalue weighted by atomic mass is 16.3. The van der Waals surface area contributed by atoms with E-state index < -0.39 is 5.60 Å². The predicted molar refractivity (Wildman–Crippen MR) is 93.7 cm³/mol. The zero-order valence-electron chi connectivity index (χ0n) is 15.4. The average molecular weight is 339 g/mol. The Morgan fingerprint density at radius 1 is 1.12 bits per heavy atom. The van der Waals surface area contributed by atoms with Crippen LogP contribution < -0.4 is 10.6 Å². The van der Waals surface area contributed by atoms with Crippen molar-refractivity contribution in [2.45, 2.75) is 89.3 Å². The minimum atomic E-state index is -0.810. The van der Waals surface area contributed by atoms with Gasteiger partial charge in [-0.15, -0.1) is 0 Å². The zero-order chi connectivity index (χ0) is 17.8. The molecule has 0 bridgehead atoms. The summed E-state index contributed by atoms with van der Waals surface area (Å²) in [7, 11) is 0. The molecule has 24 heavy (non-hydrogen) atoms. The quantitative estimate of drug-likeness (QED) is 0.737. The largest absolute Gasteiger partial charge is 0.389 e. The number of hydrogen-bond acceptors (Lipinski definition) is 3. The van der Waals surface area contributed by atoms with Gasteiger partial charge in [0.2, 0.25) is 5.91 Å². The minimum absolute atomic E-state index is 0.0382. The Morgan fingerprint density at radius 3 is 2.25 bits per heavy atom. The molecule has 1 saturated heterocycles. The first-order valence-corrected chi connectivity index (χ1v) is 9.26. The first-order chi connectivity index (χ1) is 11.2. The van der Waals surface area contributed by atoms with E-state index in [4.69, 9.17) is 0 Å². The van der Waals surface area contributed by atoms with E-state index in [9.17, 15) is 14.7 Å². The average Bonchev–Trinajstić information content (AvgIpc) is 2.46. The number of rotatable bonds is 3. The third-order valence-electron chi connectivity index (χ3n) is 4.90. The Labute approximate surface area is 145 Å². The molecule has 3 amide bonds. The first kappa shape index (κ1) is 19.0. The second kappa shape index (κ2) is 7.72. The third kappa shape index (κ3) is 5.96. The molecule has 6 heteroatoms. The third-order valence-corrected chi connectivity index (χ3v) is 4.90. The number of nitrogens with one attached hydrogen (secondary N) is 2. The van der Waals surface area contributed by atoms with Crippen LogP contribution in [0, 0.1) is 0 Å². The maximum atomic E-state index is 12.2. The maximum Gasteiger partial charge on any atom is 0.317 e. The Bertz CT molecular complexity index is 445. The molecular formula is C18H33N3O3. The molecule has 2 rings (SSSR count). The van der Waals surface area contributed by atoms with Gasteiger partial charge in [-0.1, -0.05) is 19.3 Å². The Kier molecular flexibility index (Phi) is 6.12. The second-order valence-corrected chi connectivity index (χ2v) is 8.47. The number of carbonyl (C=O) groups excluding carboxylic acids is 2. The first-order valence-electron chi connectivity index (χ1n) is 9.26. The fourth-order valence-electron chi connectivity index (χ4n) is 3.59. The van der Waals surface area contributed by atoms with Crippen LogP contribution >= 0.6 is 0 Å². The van der Waals surface area contributed by atoms with Gasteiger partial charge in [0.15, 0.2) is 0 Å². The molecule has 0 aromatic carbocycles. The summed E-state index contributed by atoms with van der Waals surface area (Å²) in [6.45, 7) is 7.20. The van der Waals surface area contributed by atoms with E-state index in [0.717, 1.165) is 44.9 Å². The van der Waals surface area contributed by atoms with E-state index in [1.54, 1.807) is 0 Å². The highest BCUT2D eigenvalue weighted by Crippen LogP contribution is 2.30. The van der Waals surface area contributed by atoms with Crippen LogP contribution in [0.15, 0.2) is 0 Å². The summed E-state index contributed by atoms with van der Waals surface area (Å²) >= 11 is 0. The van der Waals surface area contributed by atoms with Gasteiger partial charge in [0.05, 0.1) is 12.0 Å². The van der Waals surface area contributed by atoms with E-state index in [0.29, 0.717) is 13.1 Å². The van der Waals surface area contributed by atoms with Crippen molar-refractivity contribution in [1.29, 1.82) is 0 Å². The number of hydrogen-bond donors (Lipinski definition) is 3. The van der Waals surface area contributed by atoms with Crippen molar-refractivity contribution in [2.24, 2.45) is 0 Å². The van der Waals surface area contributed by atoms with Gasteiger partial charge in [-0.3, -0.25) is 4.79 Å². The van der Waals surface area contributed by atoms with Gasteiger partial charge in [-0.05, 0) is 46.5 Å². The lowest BCUT2D eigenvalue weighted by atomic mass is 9.82. The standard InChI is InChI=1S/C18H33N3O3/c1-17(2,3)20-16(23)21-11-7-14(8-12-21)19-15(22)13-18(24)9-5-4-6-10-18/h14,24H,4-13H2,1-3H3,(H,19,22)(H,20,23). The highest BCUT2D eigenvalue weighted by molar-refractivity contribution is 5.77. The van der Waals surface area contributed by atoms with Crippen LogP contribution in [0.2, 0.25) is 0 Å². The number of urea groups is 1. The van der Waals surface area contributed by atoms with E-state index in [-0.39, 0.29) is 29.9 Å². The number of amides is 3. The van der Waals surface area contributed by atoms with Crippen LogP contribution in [-0.4, -0.2) is 52.2 Å². The van der Waals surface area contributed by atoms with Crippen LogP contribution in [0.25, 0.3) is 0 Å². The van der Waals surface area contributed by atoms with Gasteiger partial charge in [0.1, 0.15) is 0 Å². The molecule has 0 atom stereocenters. The van der Waals surface area contributed by atoms with Gasteiger partial charge in [0, 0.05) is 24.7 Å². The molecule has 0 unspecified atom stereocenters. The molecule has 1 aliphatic heterocycles. The van der Waals surface area contributed by atoms with Crippen molar-refractivity contribution < 1.29 is 14.7 Å². The Hall–Kier alpha value is -1.30. The van der Waals surface area contributed by atoms with Crippen LogP contribution in [-0.2, 0) is 4.79 Å². The molecule has 138 valence electrons. The molecule has 0 aromatic heterocycles. The van der Waals surface area contributed by atoms with Crippen LogP contribution in [0.4, 0.5) is 4.79 Å². The van der Waals surface area contributed by atoms with Crippen molar-refractivity contribution in [1.82, 2.24) is 15.5 Å². The number of carbonyl (C=O) groups is 2. The van der Waals surface area contributed by atoms with Gasteiger partial charge < -0.3 is 20.6 Å². The monoisotopic (exact) mass is 339 g/mol. The second-order valence-electron chi connectivity index (χ2n) is 8.47. The lowest BCUT2D eigenvalue weighted by Gasteiger charge is -2.35. The molecule has 0 aromatic rings. The normalized spacial score (nSPS) is 22.1. The SMILES string of the molecule is CC(C)(C)NC(=O)N1CCC(NC(=O)CC2(O)CCCCC2)CC1. The summed E-state index contributed by atoms with van der Waals surface area (Å²) in [6, 6.07) is 0.0622. The van der Waals surface area contributed by atoms with Gasteiger partial charge >= 0.3 is 6.03 Å². The smallest absolute Gasteiger partial charge is 0.317 e. The van der Waals surface area contributed by atoms with E-state index in [2.05, 4.69) is 10.6 Å². The molecule has 1 heterocycles. The summed E-state index contributed by atoms with van der Waals surface area (Å²) in [5, 5.41) is 16.5. The Balaban J connectivity index is 1.72. The van der Waals surface area contributed by atoms with Gasteiger partial charge in [-0.25, -0.2) is 4.79 Å². The maximum absolute atomic E-state index is 12.2. The van der Waals surface area contributed by atoms with Crippen molar-refractivity contribution in [3.05, 3.63) is 0 Å². The molecule has 2 aliphatic rings. The van der Waals surface area contributed by atoms with Crippen molar-refractivity contribution in [2.75, 3.05) is 13.1 Å². The highest BCUT2D eigenvalue weighted by Gasteiger charge is 2.33. The summed E-state index contributed by atoms with van der Waals surface area (Å²) < 4.78 is 0. The molecule has 1 saturated carbocycles. The summed E-state index contributed by atoms with van der Waals surface area (Å²) in [5.41, 5.74) is -1.05. The number of piperidine rings is 1. The molecule has 3 N–H and O–H groups in total. The lowest BCUT2D eigenvalue weighted by molar-refractivity contribution is -0.128. The summed E-state index contributed by atoms with van der Waals surface area (Å²) in [6.07, 6.45) is 6.36. The zero-order valence-corrected chi connectivity index (χ0v) is 15.4.